The molecule has 1 saturated carbocycles. The molecule has 19 heavy (non-hydrogen) atoms. The molecule has 5 heteroatoms. The first-order valence-corrected chi connectivity index (χ1v) is 7.85. The number of aromatic nitrogens is 3. The van der Waals surface area contributed by atoms with E-state index in [0.29, 0.717) is 5.92 Å². The molecule has 0 amide bonds. The first-order chi connectivity index (χ1) is 9.42. The third-order valence-corrected chi connectivity index (χ3v) is 4.70. The van der Waals surface area contributed by atoms with E-state index < -0.39 is 0 Å². The molecule has 3 heterocycles. The lowest BCUT2D eigenvalue weighted by Gasteiger charge is -2.29. The monoisotopic (exact) mass is 272 g/mol. The van der Waals surface area contributed by atoms with Crippen LogP contribution in [0.15, 0.2) is 10.9 Å². The molecule has 0 saturated heterocycles. The summed E-state index contributed by atoms with van der Waals surface area (Å²) in [4.78, 5) is 14.0. The maximum Gasteiger partial charge on any atom is 0.179 e. The highest BCUT2D eigenvalue weighted by molar-refractivity contribution is 7.07. The SMILES string of the molecule is c1nc(-c2nc3c(c(C4CCC4)n2)CNCC3)cs1. The van der Waals surface area contributed by atoms with Crippen LogP contribution < -0.4 is 5.32 Å². The summed E-state index contributed by atoms with van der Waals surface area (Å²) < 4.78 is 0. The molecule has 98 valence electrons. The molecule has 1 aliphatic heterocycles. The van der Waals surface area contributed by atoms with E-state index in [1.807, 2.05) is 10.9 Å². The fourth-order valence-electron chi connectivity index (χ4n) is 2.83. The third-order valence-electron chi connectivity index (χ3n) is 4.12. The van der Waals surface area contributed by atoms with Gasteiger partial charge in [-0.05, 0) is 12.8 Å². The van der Waals surface area contributed by atoms with Gasteiger partial charge in [0.05, 0.1) is 16.9 Å². The fourth-order valence-corrected chi connectivity index (χ4v) is 3.36. The number of fused-ring (bicyclic) bond motifs is 1. The number of hydrogen-bond acceptors (Lipinski definition) is 5. The van der Waals surface area contributed by atoms with Crippen molar-refractivity contribution >= 4 is 11.3 Å². The van der Waals surface area contributed by atoms with Crippen LogP contribution in [0.1, 0.15) is 42.1 Å². The van der Waals surface area contributed by atoms with Crippen molar-refractivity contribution in [3.05, 3.63) is 27.8 Å². The molecular formula is C14H16N4S. The summed E-state index contributed by atoms with van der Waals surface area (Å²) in [6, 6.07) is 0. The predicted molar refractivity (Wildman–Crippen MR) is 75.1 cm³/mol. The second-order valence-corrected chi connectivity index (χ2v) is 6.00. The molecule has 2 aliphatic rings. The standard InChI is InChI=1S/C14H16N4S/c1-2-9(3-1)13-10-6-15-5-4-11(10)17-14(18-13)12-7-19-8-16-12/h7-9,15H,1-6H2. The Morgan fingerprint density at radius 2 is 2.21 bits per heavy atom. The number of nitrogens with zero attached hydrogens (tertiary/aromatic N) is 3. The lowest BCUT2D eigenvalue weighted by molar-refractivity contribution is 0.404. The Bertz CT molecular complexity index is 590. The van der Waals surface area contributed by atoms with Gasteiger partial charge in [-0.2, -0.15) is 0 Å². The van der Waals surface area contributed by atoms with Crippen molar-refractivity contribution in [2.75, 3.05) is 6.54 Å². The summed E-state index contributed by atoms with van der Waals surface area (Å²) in [5.41, 5.74) is 6.65. The topological polar surface area (TPSA) is 50.7 Å². The zero-order valence-corrected chi connectivity index (χ0v) is 11.5. The highest BCUT2D eigenvalue weighted by Crippen LogP contribution is 2.38. The largest absolute Gasteiger partial charge is 0.312 e. The number of hydrogen-bond donors (Lipinski definition) is 1. The van der Waals surface area contributed by atoms with Crippen LogP contribution in [0.4, 0.5) is 0 Å². The molecule has 2 aromatic heterocycles. The molecule has 0 bridgehead atoms. The second-order valence-electron chi connectivity index (χ2n) is 5.29. The van der Waals surface area contributed by atoms with Crippen molar-refractivity contribution in [3.8, 4) is 11.5 Å². The highest BCUT2D eigenvalue weighted by Gasteiger charge is 2.27. The van der Waals surface area contributed by atoms with Crippen molar-refractivity contribution in [2.45, 2.75) is 38.1 Å². The van der Waals surface area contributed by atoms with Crippen molar-refractivity contribution in [2.24, 2.45) is 0 Å². The average Bonchev–Trinajstić information content (AvgIpc) is 2.90. The molecule has 0 aromatic carbocycles. The maximum atomic E-state index is 4.84. The van der Waals surface area contributed by atoms with Crippen molar-refractivity contribution in [3.63, 3.8) is 0 Å². The van der Waals surface area contributed by atoms with Crippen LogP contribution in [0.25, 0.3) is 11.5 Å². The minimum atomic E-state index is 0.647. The molecule has 2 aromatic rings. The van der Waals surface area contributed by atoms with Crippen molar-refractivity contribution < 1.29 is 0 Å². The summed E-state index contributed by atoms with van der Waals surface area (Å²) in [6.07, 6.45) is 4.90. The lowest BCUT2D eigenvalue weighted by Crippen LogP contribution is -2.28. The van der Waals surface area contributed by atoms with E-state index in [1.165, 1.54) is 36.2 Å². The molecule has 4 nitrogen and oxygen atoms in total. The Hall–Kier alpha value is -1.33. The maximum absolute atomic E-state index is 4.84. The molecular weight excluding hydrogens is 256 g/mol. The van der Waals surface area contributed by atoms with Gasteiger partial charge in [0.2, 0.25) is 0 Å². The Kier molecular flexibility index (Phi) is 2.81. The van der Waals surface area contributed by atoms with Gasteiger partial charge in [-0.1, -0.05) is 6.42 Å². The number of nitrogens with one attached hydrogen (secondary N) is 1. The second kappa shape index (κ2) is 4.65. The molecule has 1 fully saturated rings. The normalized spacial score (nSPS) is 18.9. The fraction of sp³-hybridized carbons (Fsp3) is 0.500. The van der Waals surface area contributed by atoms with Gasteiger partial charge in [-0.15, -0.1) is 11.3 Å². The average molecular weight is 272 g/mol. The molecule has 0 spiro atoms. The Balaban J connectivity index is 1.85. The van der Waals surface area contributed by atoms with E-state index in [1.54, 1.807) is 11.3 Å². The zero-order chi connectivity index (χ0) is 12.7. The smallest absolute Gasteiger partial charge is 0.179 e. The van der Waals surface area contributed by atoms with Gasteiger partial charge in [0.15, 0.2) is 5.82 Å². The van der Waals surface area contributed by atoms with Gasteiger partial charge >= 0.3 is 0 Å². The summed E-state index contributed by atoms with van der Waals surface area (Å²) >= 11 is 1.60. The van der Waals surface area contributed by atoms with Crippen LogP contribution in [0, 0.1) is 0 Å². The van der Waals surface area contributed by atoms with Gasteiger partial charge in [0.25, 0.3) is 0 Å². The minimum Gasteiger partial charge on any atom is -0.312 e. The molecule has 1 N–H and O–H groups in total. The first kappa shape index (κ1) is 11.5. The predicted octanol–water partition coefficient (Wildman–Crippen LogP) is 2.51. The van der Waals surface area contributed by atoms with Crippen LogP contribution in [-0.4, -0.2) is 21.5 Å². The molecule has 0 atom stereocenters. The Labute approximate surface area is 116 Å². The van der Waals surface area contributed by atoms with Gasteiger partial charge in [-0.3, -0.25) is 0 Å². The Morgan fingerprint density at radius 3 is 2.95 bits per heavy atom. The van der Waals surface area contributed by atoms with Crippen LogP contribution in [0.3, 0.4) is 0 Å². The molecule has 1 aliphatic carbocycles. The lowest BCUT2D eigenvalue weighted by atomic mass is 9.80. The minimum absolute atomic E-state index is 0.647. The molecule has 4 rings (SSSR count). The van der Waals surface area contributed by atoms with Crippen molar-refractivity contribution in [1.82, 2.24) is 20.3 Å². The van der Waals surface area contributed by atoms with E-state index in [4.69, 9.17) is 9.97 Å². The summed E-state index contributed by atoms with van der Waals surface area (Å²) in [5, 5.41) is 5.48. The third kappa shape index (κ3) is 1.97. The number of rotatable bonds is 2. The molecule has 0 unspecified atom stereocenters. The first-order valence-electron chi connectivity index (χ1n) is 6.91. The van der Waals surface area contributed by atoms with E-state index in [0.717, 1.165) is 31.0 Å². The van der Waals surface area contributed by atoms with E-state index in [-0.39, 0.29) is 0 Å². The zero-order valence-electron chi connectivity index (χ0n) is 10.7. The van der Waals surface area contributed by atoms with Gasteiger partial charge in [0.1, 0.15) is 5.69 Å². The Morgan fingerprint density at radius 1 is 1.26 bits per heavy atom. The van der Waals surface area contributed by atoms with Gasteiger partial charge in [0, 0.05) is 36.4 Å². The van der Waals surface area contributed by atoms with Crippen molar-refractivity contribution in [1.29, 1.82) is 0 Å². The van der Waals surface area contributed by atoms with Crippen LogP contribution >= 0.6 is 11.3 Å². The van der Waals surface area contributed by atoms with Crippen LogP contribution in [0.2, 0.25) is 0 Å². The molecule has 0 radical (unpaired) electrons. The summed E-state index contributed by atoms with van der Waals surface area (Å²) in [5.74, 6) is 1.47. The van der Waals surface area contributed by atoms with E-state index in [2.05, 4.69) is 10.3 Å². The highest BCUT2D eigenvalue weighted by atomic mass is 32.1. The summed E-state index contributed by atoms with van der Waals surface area (Å²) in [6.45, 7) is 1.95. The van der Waals surface area contributed by atoms with Crippen LogP contribution in [0.5, 0.6) is 0 Å². The van der Waals surface area contributed by atoms with Gasteiger partial charge < -0.3 is 5.32 Å². The number of thiazole rings is 1. The van der Waals surface area contributed by atoms with E-state index in [9.17, 15) is 0 Å². The van der Waals surface area contributed by atoms with Gasteiger partial charge in [-0.25, -0.2) is 15.0 Å². The van der Waals surface area contributed by atoms with E-state index >= 15 is 0 Å². The summed E-state index contributed by atoms with van der Waals surface area (Å²) in [7, 11) is 0. The quantitative estimate of drug-likeness (QED) is 0.912. The van der Waals surface area contributed by atoms with Crippen LogP contribution in [-0.2, 0) is 13.0 Å².